The van der Waals surface area contributed by atoms with Crippen LogP contribution in [-0.2, 0) is 28.2 Å². The van der Waals surface area contributed by atoms with Crippen molar-refractivity contribution >= 4 is 42.6 Å². The summed E-state index contributed by atoms with van der Waals surface area (Å²) in [5.41, 5.74) is 0. The fraction of sp³-hybridized carbons (Fsp3) is 0.895. The van der Waals surface area contributed by atoms with Gasteiger partial charge in [0.25, 0.3) is 0 Å². The second-order valence-corrected chi connectivity index (χ2v) is 13.2. The molecule has 1 atom stereocenters. The summed E-state index contributed by atoms with van der Waals surface area (Å²) in [6.07, 6.45) is 3.33. The van der Waals surface area contributed by atoms with Crippen LogP contribution in [0.5, 0.6) is 0 Å². The molecule has 0 aromatic heterocycles. The Labute approximate surface area is 181 Å². The molecule has 0 bridgehead atoms. The van der Waals surface area contributed by atoms with Crippen LogP contribution < -0.4 is 0 Å². The van der Waals surface area contributed by atoms with E-state index in [-0.39, 0.29) is 17.8 Å². The predicted molar refractivity (Wildman–Crippen MR) is 122 cm³/mol. The van der Waals surface area contributed by atoms with Crippen molar-refractivity contribution in [3.8, 4) is 0 Å². The van der Waals surface area contributed by atoms with Crippen LogP contribution in [0.4, 0.5) is 0 Å². The van der Waals surface area contributed by atoms with E-state index in [0.29, 0.717) is 30.8 Å². The molecule has 0 aliphatic carbocycles. The van der Waals surface area contributed by atoms with Gasteiger partial charge in [0.1, 0.15) is 11.9 Å². The first-order valence-electron chi connectivity index (χ1n) is 10.1. The van der Waals surface area contributed by atoms with Gasteiger partial charge in [-0.15, -0.1) is 0 Å². The van der Waals surface area contributed by atoms with Crippen LogP contribution >= 0.6 is 24.0 Å². The summed E-state index contributed by atoms with van der Waals surface area (Å²) in [5, 5.41) is -0.388. The van der Waals surface area contributed by atoms with E-state index in [1.54, 1.807) is 6.92 Å². The van der Waals surface area contributed by atoms with E-state index >= 15 is 0 Å². The Bertz CT molecular complexity index is 423. The van der Waals surface area contributed by atoms with E-state index < -0.39 is 8.32 Å². The number of esters is 1. The zero-order chi connectivity index (χ0) is 21.3. The molecule has 0 N–H and O–H groups in total. The molecule has 0 rings (SSSR count). The molecule has 0 aromatic carbocycles. The highest BCUT2D eigenvalue weighted by Gasteiger charge is 2.21. The maximum atomic E-state index is 11.8. The van der Waals surface area contributed by atoms with E-state index in [0.717, 1.165) is 32.1 Å². The fourth-order valence-corrected chi connectivity index (χ4v) is 5.18. The zero-order valence-corrected chi connectivity index (χ0v) is 20.8. The number of ether oxygens (including phenoxy) is 4. The predicted octanol–water partition coefficient (Wildman–Crippen LogP) is 4.42. The van der Waals surface area contributed by atoms with Gasteiger partial charge in [0.2, 0.25) is 4.38 Å². The molecule has 0 fully saturated rings. The van der Waals surface area contributed by atoms with Crippen LogP contribution in [-0.4, -0.2) is 70.2 Å². The van der Waals surface area contributed by atoms with E-state index in [9.17, 15) is 4.79 Å². The van der Waals surface area contributed by atoms with E-state index in [4.69, 9.17) is 35.6 Å². The van der Waals surface area contributed by atoms with Crippen LogP contribution in [0, 0.1) is 0 Å². The molecule has 0 aliphatic rings. The third kappa shape index (κ3) is 16.7. The molecule has 28 heavy (non-hydrogen) atoms. The second kappa shape index (κ2) is 17.6. The van der Waals surface area contributed by atoms with Gasteiger partial charge >= 0.3 is 5.97 Å². The molecule has 0 spiro atoms. The number of carbonyl (C=O) groups excluding carboxylic acids is 1. The summed E-state index contributed by atoms with van der Waals surface area (Å²) in [4.78, 5) is 11.8. The molecular weight excluding hydrogens is 416 g/mol. The van der Waals surface area contributed by atoms with Crippen molar-refractivity contribution < 1.29 is 28.2 Å². The Hall–Kier alpha value is -0.193. The lowest BCUT2D eigenvalue weighted by atomic mass is 10.4. The molecule has 166 valence electrons. The zero-order valence-electron chi connectivity index (χ0n) is 18.1. The van der Waals surface area contributed by atoms with Crippen molar-refractivity contribution in [1.82, 2.24) is 0 Å². The largest absolute Gasteiger partial charge is 0.479 e. The molecule has 0 amide bonds. The minimum Gasteiger partial charge on any atom is -0.479 e. The fourth-order valence-electron chi connectivity index (χ4n) is 2.15. The lowest BCUT2D eigenvalue weighted by Crippen LogP contribution is -2.31. The van der Waals surface area contributed by atoms with E-state index in [1.807, 2.05) is 6.92 Å². The smallest absolute Gasteiger partial charge is 0.319 e. The number of rotatable bonds is 17. The maximum absolute atomic E-state index is 11.8. The average Bonchev–Trinajstić information content (AvgIpc) is 2.63. The monoisotopic (exact) mass is 454 g/mol. The first-order chi connectivity index (χ1) is 13.3. The van der Waals surface area contributed by atoms with Gasteiger partial charge in [0, 0.05) is 13.2 Å². The summed E-state index contributed by atoms with van der Waals surface area (Å²) >= 11 is 6.18. The quantitative estimate of drug-likeness (QED) is 0.139. The van der Waals surface area contributed by atoms with Gasteiger partial charge < -0.3 is 23.4 Å². The Morgan fingerprint density at radius 3 is 2.25 bits per heavy atom. The van der Waals surface area contributed by atoms with Gasteiger partial charge in [-0.25, -0.2) is 0 Å². The summed E-state index contributed by atoms with van der Waals surface area (Å²) in [6.45, 7) is 14.0. The van der Waals surface area contributed by atoms with E-state index in [1.165, 1.54) is 18.2 Å². The molecular formula is C19H38O6S2Si. The van der Waals surface area contributed by atoms with Crippen molar-refractivity contribution in [2.45, 2.75) is 64.4 Å². The summed E-state index contributed by atoms with van der Waals surface area (Å²) < 4.78 is 27.7. The van der Waals surface area contributed by atoms with Gasteiger partial charge in [0.15, 0.2) is 8.32 Å². The van der Waals surface area contributed by atoms with Crippen LogP contribution in [0.25, 0.3) is 0 Å². The summed E-state index contributed by atoms with van der Waals surface area (Å²) in [7, 11) is -1.54. The number of thiocarbonyl (C=S) groups is 1. The van der Waals surface area contributed by atoms with Crippen LogP contribution in [0.3, 0.4) is 0 Å². The van der Waals surface area contributed by atoms with Crippen molar-refractivity contribution in [2.75, 3.05) is 46.2 Å². The number of hydrogen-bond donors (Lipinski definition) is 0. The van der Waals surface area contributed by atoms with Crippen molar-refractivity contribution in [1.29, 1.82) is 0 Å². The molecule has 0 heterocycles. The van der Waals surface area contributed by atoms with Crippen molar-refractivity contribution in [2.24, 2.45) is 0 Å². The van der Waals surface area contributed by atoms with Crippen molar-refractivity contribution in [3.05, 3.63) is 0 Å². The Kier molecular flexibility index (Phi) is 17.5. The first-order valence-corrected chi connectivity index (χ1v) is 14.5. The highest BCUT2D eigenvalue weighted by atomic mass is 32.2. The standard InChI is InChI=1S/C19H38O6S2Si/c1-6-8-11-25-28(4,5)16-9-10-21-12-13-22-14-15-24-18(20)17(3)27-19(26)23-7-2/h17H,6-16H2,1-5H3. The molecule has 0 aliphatic heterocycles. The highest BCUT2D eigenvalue weighted by molar-refractivity contribution is 8.23. The number of unbranched alkanes of at least 4 members (excludes halogenated alkanes) is 1. The number of carbonyl (C=O) groups is 1. The van der Waals surface area contributed by atoms with Crippen LogP contribution in [0.2, 0.25) is 19.1 Å². The summed E-state index contributed by atoms with van der Waals surface area (Å²) in [5.74, 6) is -0.320. The van der Waals surface area contributed by atoms with Gasteiger partial charge in [0.05, 0.1) is 26.4 Å². The SMILES string of the molecule is CCCCO[Si](C)(C)CCCOCCOCCOC(=O)C(C)SC(=S)OCC. The van der Waals surface area contributed by atoms with E-state index in [2.05, 4.69) is 20.0 Å². The Morgan fingerprint density at radius 2 is 1.61 bits per heavy atom. The second-order valence-electron chi connectivity index (χ2n) is 6.90. The van der Waals surface area contributed by atoms with Gasteiger partial charge in [-0.05, 0) is 58.0 Å². The van der Waals surface area contributed by atoms with Crippen LogP contribution in [0.15, 0.2) is 0 Å². The Morgan fingerprint density at radius 1 is 0.964 bits per heavy atom. The normalized spacial score (nSPS) is 12.6. The lowest BCUT2D eigenvalue weighted by Gasteiger charge is -2.22. The average molecular weight is 455 g/mol. The lowest BCUT2D eigenvalue weighted by molar-refractivity contribution is -0.144. The third-order valence-electron chi connectivity index (χ3n) is 3.77. The van der Waals surface area contributed by atoms with Crippen molar-refractivity contribution in [3.63, 3.8) is 0 Å². The Balaban J connectivity index is 3.52. The molecule has 0 saturated heterocycles. The van der Waals surface area contributed by atoms with Crippen LogP contribution in [0.1, 0.15) is 40.0 Å². The minimum absolute atomic E-state index is 0.222. The number of hydrogen-bond acceptors (Lipinski definition) is 8. The van der Waals surface area contributed by atoms with Gasteiger partial charge in [-0.1, -0.05) is 25.1 Å². The first kappa shape index (κ1) is 27.8. The van der Waals surface area contributed by atoms with Gasteiger partial charge in [-0.3, -0.25) is 4.79 Å². The molecule has 0 aromatic rings. The molecule has 6 nitrogen and oxygen atoms in total. The molecule has 1 unspecified atom stereocenters. The molecule has 9 heteroatoms. The summed E-state index contributed by atoms with van der Waals surface area (Å²) in [6, 6.07) is 1.11. The minimum atomic E-state index is -1.54. The number of thioether (sulfide) groups is 1. The highest BCUT2D eigenvalue weighted by Crippen LogP contribution is 2.16. The maximum Gasteiger partial charge on any atom is 0.319 e. The molecule has 0 saturated carbocycles. The molecule has 0 radical (unpaired) electrons. The third-order valence-corrected chi connectivity index (χ3v) is 7.58. The topological polar surface area (TPSA) is 63.2 Å². The van der Waals surface area contributed by atoms with Gasteiger partial charge in [-0.2, -0.15) is 0 Å².